The van der Waals surface area contributed by atoms with Gasteiger partial charge in [-0.15, -0.1) is 0 Å². The van der Waals surface area contributed by atoms with Crippen LogP contribution in [0.15, 0.2) is 59.0 Å². The van der Waals surface area contributed by atoms with Crippen molar-refractivity contribution in [3.8, 4) is 0 Å². The highest BCUT2D eigenvalue weighted by Crippen LogP contribution is 2.26. The fourth-order valence-electron chi connectivity index (χ4n) is 3.08. The van der Waals surface area contributed by atoms with Crippen molar-refractivity contribution >= 4 is 22.7 Å². The predicted octanol–water partition coefficient (Wildman–Crippen LogP) is 4.46. The summed E-state index contributed by atoms with van der Waals surface area (Å²) < 4.78 is 18.7. The van der Waals surface area contributed by atoms with E-state index in [9.17, 15) is 4.39 Å². The van der Waals surface area contributed by atoms with E-state index < -0.39 is 0 Å². The Morgan fingerprint density at radius 3 is 2.59 bits per heavy atom. The molecule has 0 atom stereocenters. The molecule has 136 valence electrons. The third-order valence-electron chi connectivity index (χ3n) is 4.36. The highest BCUT2D eigenvalue weighted by Gasteiger charge is 2.11. The smallest absolute Gasteiger partial charge is 0.225 e. The van der Waals surface area contributed by atoms with Crippen molar-refractivity contribution in [2.45, 2.75) is 19.9 Å². The fourth-order valence-corrected chi connectivity index (χ4v) is 3.08. The molecule has 4 rings (SSSR count). The SMILES string of the molecule is Cc1ccc(CNc2nc(N)c3c(Cc4ccc(F)cc4)cccc3n2)o1. The van der Waals surface area contributed by atoms with Crippen LogP contribution in [0.25, 0.3) is 10.9 Å². The average molecular weight is 362 g/mol. The molecule has 2 aromatic carbocycles. The molecule has 6 heteroatoms. The predicted molar refractivity (Wildman–Crippen MR) is 104 cm³/mol. The van der Waals surface area contributed by atoms with Gasteiger partial charge in [-0.2, -0.15) is 4.98 Å². The molecule has 0 bridgehead atoms. The number of nitrogens with zero attached hydrogens (tertiary/aromatic N) is 2. The molecule has 0 aliphatic heterocycles. The largest absolute Gasteiger partial charge is 0.465 e. The van der Waals surface area contributed by atoms with Crippen LogP contribution < -0.4 is 11.1 Å². The van der Waals surface area contributed by atoms with Crippen LogP contribution in [0.5, 0.6) is 0 Å². The van der Waals surface area contributed by atoms with E-state index in [0.29, 0.717) is 24.7 Å². The molecule has 0 aliphatic rings. The standard InChI is InChI=1S/C21H19FN4O/c1-13-5-10-17(27-13)12-24-21-25-18-4-2-3-15(19(18)20(23)26-21)11-14-6-8-16(22)9-7-14/h2-10H,11-12H2,1H3,(H3,23,24,25,26). The van der Waals surface area contributed by atoms with Gasteiger partial charge in [0.15, 0.2) is 0 Å². The molecular formula is C21H19FN4O. The van der Waals surface area contributed by atoms with Crippen molar-refractivity contribution < 1.29 is 8.81 Å². The minimum atomic E-state index is -0.248. The van der Waals surface area contributed by atoms with E-state index in [2.05, 4.69) is 15.3 Å². The Balaban J connectivity index is 1.62. The maximum Gasteiger partial charge on any atom is 0.225 e. The molecule has 0 amide bonds. The molecule has 27 heavy (non-hydrogen) atoms. The summed E-state index contributed by atoms with van der Waals surface area (Å²) in [5, 5.41) is 3.97. The lowest BCUT2D eigenvalue weighted by Gasteiger charge is -2.11. The second-order valence-corrected chi connectivity index (χ2v) is 6.41. The Morgan fingerprint density at radius 2 is 1.85 bits per heavy atom. The summed E-state index contributed by atoms with van der Waals surface area (Å²) in [6.07, 6.45) is 0.629. The number of nitrogens with one attached hydrogen (secondary N) is 1. The van der Waals surface area contributed by atoms with Crippen LogP contribution in [0.2, 0.25) is 0 Å². The molecule has 5 nitrogen and oxygen atoms in total. The van der Waals surface area contributed by atoms with Crippen LogP contribution in [0.1, 0.15) is 22.6 Å². The average Bonchev–Trinajstić information content (AvgIpc) is 3.07. The lowest BCUT2D eigenvalue weighted by Crippen LogP contribution is -2.06. The highest BCUT2D eigenvalue weighted by molar-refractivity contribution is 5.92. The van der Waals surface area contributed by atoms with Gasteiger partial charge >= 0.3 is 0 Å². The van der Waals surface area contributed by atoms with E-state index in [0.717, 1.165) is 33.6 Å². The first-order valence-corrected chi connectivity index (χ1v) is 8.67. The van der Waals surface area contributed by atoms with E-state index in [1.54, 1.807) is 12.1 Å². The van der Waals surface area contributed by atoms with Gasteiger partial charge in [-0.1, -0.05) is 24.3 Å². The number of nitrogen functional groups attached to an aromatic ring is 1. The van der Waals surface area contributed by atoms with Gasteiger partial charge in [0.25, 0.3) is 0 Å². The molecule has 0 saturated heterocycles. The van der Waals surface area contributed by atoms with Gasteiger partial charge in [-0.3, -0.25) is 0 Å². The van der Waals surface area contributed by atoms with Crippen molar-refractivity contribution in [3.05, 3.63) is 83.1 Å². The third kappa shape index (κ3) is 3.74. The molecule has 0 aliphatic carbocycles. The summed E-state index contributed by atoms with van der Waals surface area (Å²) in [6.45, 7) is 2.38. The van der Waals surface area contributed by atoms with Crippen LogP contribution in [-0.2, 0) is 13.0 Å². The maximum absolute atomic E-state index is 13.1. The summed E-state index contributed by atoms with van der Waals surface area (Å²) in [5.41, 5.74) is 9.00. The van der Waals surface area contributed by atoms with Crippen molar-refractivity contribution in [1.29, 1.82) is 0 Å². The number of furan rings is 1. The summed E-state index contributed by atoms with van der Waals surface area (Å²) >= 11 is 0. The van der Waals surface area contributed by atoms with Crippen molar-refractivity contribution in [2.24, 2.45) is 0 Å². The molecule has 4 aromatic rings. The highest BCUT2D eigenvalue weighted by atomic mass is 19.1. The molecule has 2 heterocycles. The van der Waals surface area contributed by atoms with Crippen molar-refractivity contribution in [2.75, 3.05) is 11.1 Å². The third-order valence-corrected chi connectivity index (χ3v) is 4.36. The van der Waals surface area contributed by atoms with E-state index in [-0.39, 0.29) is 5.82 Å². The van der Waals surface area contributed by atoms with Gasteiger partial charge in [0, 0.05) is 5.39 Å². The van der Waals surface area contributed by atoms with Crippen LogP contribution in [0.3, 0.4) is 0 Å². The Labute approximate surface area is 156 Å². The fraction of sp³-hybridized carbons (Fsp3) is 0.143. The number of anilines is 2. The summed E-state index contributed by atoms with van der Waals surface area (Å²) in [6, 6.07) is 16.1. The molecule has 3 N–H and O–H groups in total. The molecule has 0 unspecified atom stereocenters. The van der Waals surface area contributed by atoms with E-state index in [4.69, 9.17) is 10.2 Å². The molecule has 0 radical (unpaired) electrons. The van der Waals surface area contributed by atoms with E-state index >= 15 is 0 Å². The van der Waals surface area contributed by atoms with Gasteiger partial charge in [0.1, 0.15) is 23.2 Å². The first-order chi connectivity index (χ1) is 13.1. The number of hydrogen-bond donors (Lipinski definition) is 2. The van der Waals surface area contributed by atoms with Gasteiger partial charge < -0.3 is 15.5 Å². The van der Waals surface area contributed by atoms with Gasteiger partial charge in [-0.05, 0) is 54.8 Å². The monoisotopic (exact) mass is 362 g/mol. The Kier molecular flexibility index (Phi) is 4.46. The van der Waals surface area contributed by atoms with Crippen LogP contribution >= 0.6 is 0 Å². The van der Waals surface area contributed by atoms with Crippen molar-refractivity contribution in [3.63, 3.8) is 0 Å². The maximum atomic E-state index is 13.1. The number of rotatable bonds is 5. The number of fused-ring (bicyclic) bond motifs is 1. The molecule has 2 aromatic heterocycles. The zero-order valence-corrected chi connectivity index (χ0v) is 14.9. The number of aromatic nitrogens is 2. The van der Waals surface area contributed by atoms with Crippen LogP contribution in [0.4, 0.5) is 16.2 Å². The number of benzene rings is 2. The molecule has 0 spiro atoms. The summed E-state index contributed by atoms with van der Waals surface area (Å²) in [7, 11) is 0. The number of halogens is 1. The van der Waals surface area contributed by atoms with E-state index in [1.165, 1.54) is 12.1 Å². The molecular weight excluding hydrogens is 343 g/mol. The van der Waals surface area contributed by atoms with Crippen molar-refractivity contribution in [1.82, 2.24) is 9.97 Å². The Bertz CT molecular complexity index is 1090. The Morgan fingerprint density at radius 1 is 1.04 bits per heavy atom. The van der Waals surface area contributed by atoms with Crippen LogP contribution in [-0.4, -0.2) is 9.97 Å². The lowest BCUT2D eigenvalue weighted by atomic mass is 10.0. The number of hydrogen-bond acceptors (Lipinski definition) is 5. The normalized spacial score (nSPS) is 11.0. The van der Waals surface area contributed by atoms with Gasteiger partial charge in [0.2, 0.25) is 5.95 Å². The first kappa shape index (κ1) is 17.0. The molecule has 0 fully saturated rings. The zero-order chi connectivity index (χ0) is 18.8. The van der Waals surface area contributed by atoms with Crippen LogP contribution in [0, 0.1) is 12.7 Å². The first-order valence-electron chi connectivity index (χ1n) is 8.67. The summed E-state index contributed by atoms with van der Waals surface area (Å²) in [5.74, 6) is 2.28. The van der Waals surface area contributed by atoms with Gasteiger partial charge in [0.05, 0.1) is 12.1 Å². The lowest BCUT2D eigenvalue weighted by molar-refractivity contribution is 0.490. The molecule has 0 saturated carbocycles. The van der Waals surface area contributed by atoms with Gasteiger partial charge in [-0.25, -0.2) is 9.37 Å². The Hall–Kier alpha value is -3.41. The number of aryl methyl sites for hydroxylation is 1. The minimum absolute atomic E-state index is 0.248. The zero-order valence-electron chi connectivity index (χ0n) is 14.9. The second kappa shape index (κ2) is 7.07. The van der Waals surface area contributed by atoms with E-state index in [1.807, 2.05) is 37.3 Å². The topological polar surface area (TPSA) is 77.0 Å². The second-order valence-electron chi connectivity index (χ2n) is 6.41. The summed E-state index contributed by atoms with van der Waals surface area (Å²) in [4.78, 5) is 8.96. The minimum Gasteiger partial charge on any atom is -0.465 e. The number of nitrogens with two attached hydrogens (primary N) is 1. The quantitative estimate of drug-likeness (QED) is 0.548.